The molecular weight excluding hydrogens is 476 g/mol. The Hall–Kier alpha value is -1.55. The third-order valence-corrected chi connectivity index (χ3v) is 7.83. The fourth-order valence-corrected chi connectivity index (χ4v) is 4.98. The third-order valence-electron chi connectivity index (χ3n) is 7.83. The first-order chi connectivity index (χ1) is 17.3. The number of epoxide rings is 1. The maximum Gasteiger partial charge on any atom is 0.309 e. The molecule has 0 aromatic heterocycles. The molecular formula is C29H48O8. The van der Waals surface area contributed by atoms with Crippen LogP contribution in [-0.4, -0.2) is 81.8 Å². The van der Waals surface area contributed by atoms with Crippen molar-refractivity contribution in [3.05, 3.63) is 36.0 Å². The predicted octanol–water partition coefficient (Wildman–Crippen LogP) is 3.08. The lowest BCUT2D eigenvalue weighted by Gasteiger charge is -2.30. The number of cyclic esters (lactones) is 1. The Morgan fingerprint density at radius 2 is 1.95 bits per heavy atom. The maximum absolute atomic E-state index is 12.5. The highest BCUT2D eigenvalue weighted by atomic mass is 16.6. The zero-order valence-corrected chi connectivity index (χ0v) is 23.4. The summed E-state index contributed by atoms with van der Waals surface area (Å²) in [6.45, 7) is 11.3. The standard InChI is InChI=1S/C29H48O8/c1-8-22(35-7)20(5)27-28(37-27)25(33)17(2)10-9-11-18(3)26-19(4)12-13-23(31)29(6,34)15-14-21(30)16-24(32)36-26/h9-13,17,19-23,25-28,30-31,33-34H,8,14-16H2,1-7H3/b10-9+,13-12+,18-11+/t17?,19?,20?,21?,22?,23-,25?,26?,27?,28?,29-/m1/s1. The van der Waals surface area contributed by atoms with Crippen LogP contribution in [-0.2, 0) is 19.0 Å². The zero-order chi connectivity index (χ0) is 27.9. The summed E-state index contributed by atoms with van der Waals surface area (Å²) in [4.78, 5) is 12.5. The Labute approximate surface area is 222 Å². The number of methoxy groups -OCH3 is 1. The number of hydrogen-bond acceptors (Lipinski definition) is 8. The summed E-state index contributed by atoms with van der Waals surface area (Å²) in [5, 5.41) is 42.0. The molecule has 1 saturated heterocycles. The van der Waals surface area contributed by atoms with Gasteiger partial charge >= 0.3 is 5.97 Å². The summed E-state index contributed by atoms with van der Waals surface area (Å²) in [6, 6.07) is 0. The van der Waals surface area contributed by atoms with Crippen LogP contribution in [0.5, 0.6) is 0 Å². The third kappa shape index (κ3) is 9.01. The molecule has 212 valence electrons. The summed E-state index contributed by atoms with van der Waals surface area (Å²) in [6.07, 6.45) is 6.33. The molecule has 8 nitrogen and oxygen atoms in total. The normalized spacial score (nSPS) is 38.1. The summed E-state index contributed by atoms with van der Waals surface area (Å²) in [5.41, 5.74) is -0.639. The van der Waals surface area contributed by atoms with E-state index < -0.39 is 36.0 Å². The predicted molar refractivity (Wildman–Crippen MR) is 142 cm³/mol. The highest BCUT2D eigenvalue weighted by Gasteiger charge is 2.50. The van der Waals surface area contributed by atoms with E-state index >= 15 is 0 Å². The van der Waals surface area contributed by atoms with Gasteiger partial charge in [-0.1, -0.05) is 58.1 Å². The van der Waals surface area contributed by atoms with Crippen LogP contribution in [0, 0.1) is 17.8 Å². The first kappa shape index (κ1) is 31.7. The number of aliphatic hydroxyl groups excluding tert-OH is 3. The number of esters is 1. The molecule has 0 bridgehead atoms. The van der Waals surface area contributed by atoms with E-state index in [9.17, 15) is 25.2 Å². The van der Waals surface area contributed by atoms with Crippen molar-refractivity contribution in [1.29, 1.82) is 0 Å². The monoisotopic (exact) mass is 524 g/mol. The Morgan fingerprint density at radius 1 is 1.27 bits per heavy atom. The van der Waals surface area contributed by atoms with E-state index in [1.54, 1.807) is 13.2 Å². The molecule has 0 amide bonds. The van der Waals surface area contributed by atoms with E-state index in [2.05, 4.69) is 13.8 Å². The first-order valence-electron chi connectivity index (χ1n) is 13.5. The van der Waals surface area contributed by atoms with Gasteiger partial charge < -0.3 is 34.6 Å². The van der Waals surface area contributed by atoms with Crippen LogP contribution in [0.1, 0.15) is 67.2 Å². The number of carbonyl (C=O) groups excluding carboxylic acids is 1. The Morgan fingerprint density at radius 3 is 2.57 bits per heavy atom. The number of rotatable bonds is 9. The van der Waals surface area contributed by atoms with Gasteiger partial charge in [0.15, 0.2) is 0 Å². The van der Waals surface area contributed by atoms with Crippen molar-refractivity contribution in [3.63, 3.8) is 0 Å². The second kappa shape index (κ2) is 14.0. The molecule has 2 rings (SSSR count). The van der Waals surface area contributed by atoms with Crippen molar-refractivity contribution < 1.29 is 39.4 Å². The van der Waals surface area contributed by atoms with Crippen molar-refractivity contribution >= 4 is 5.97 Å². The van der Waals surface area contributed by atoms with Crippen molar-refractivity contribution in [2.45, 2.75) is 116 Å². The van der Waals surface area contributed by atoms with Crippen LogP contribution in [0.4, 0.5) is 0 Å². The summed E-state index contributed by atoms with van der Waals surface area (Å²) >= 11 is 0. The lowest BCUT2D eigenvalue weighted by molar-refractivity contribution is -0.151. The lowest BCUT2D eigenvalue weighted by Crippen LogP contribution is -2.39. The number of carbonyl (C=O) groups is 1. The van der Waals surface area contributed by atoms with Crippen LogP contribution >= 0.6 is 0 Å². The quantitative estimate of drug-likeness (QED) is 0.157. The maximum atomic E-state index is 12.5. The highest BCUT2D eigenvalue weighted by molar-refractivity contribution is 5.70. The second-order valence-electron chi connectivity index (χ2n) is 11.1. The summed E-state index contributed by atoms with van der Waals surface area (Å²) in [5.74, 6) is -0.767. The Bertz CT molecular complexity index is 815. The number of hydrogen-bond donors (Lipinski definition) is 4. The topological polar surface area (TPSA) is 129 Å². The summed E-state index contributed by atoms with van der Waals surface area (Å²) < 4.78 is 17.0. The van der Waals surface area contributed by atoms with Gasteiger partial charge in [-0.3, -0.25) is 4.79 Å². The van der Waals surface area contributed by atoms with E-state index in [1.807, 2.05) is 39.0 Å². The second-order valence-corrected chi connectivity index (χ2v) is 11.1. The SMILES string of the molecule is CCC(OC)C(C)C1OC1C(O)C(C)/C=C/C=C(\C)C1OC(=O)CC(O)CC[C@@](C)(O)[C@H](O)/C=C/C1C. The number of aliphatic hydroxyl groups is 4. The van der Waals surface area contributed by atoms with E-state index in [0.29, 0.717) is 0 Å². The minimum atomic E-state index is -1.41. The van der Waals surface area contributed by atoms with Crippen LogP contribution in [0.15, 0.2) is 36.0 Å². The molecule has 2 aliphatic heterocycles. The van der Waals surface area contributed by atoms with Gasteiger partial charge in [0, 0.05) is 24.9 Å². The molecule has 8 heteroatoms. The van der Waals surface area contributed by atoms with Crippen LogP contribution in [0.2, 0.25) is 0 Å². The summed E-state index contributed by atoms with van der Waals surface area (Å²) in [7, 11) is 1.70. The zero-order valence-electron chi connectivity index (χ0n) is 23.4. The van der Waals surface area contributed by atoms with Gasteiger partial charge in [-0.2, -0.15) is 0 Å². The number of ether oxygens (including phenoxy) is 3. The van der Waals surface area contributed by atoms with E-state index in [-0.39, 0.29) is 55.3 Å². The van der Waals surface area contributed by atoms with Crippen LogP contribution in [0.25, 0.3) is 0 Å². The molecule has 4 N–H and O–H groups in total. The highest BCUT2D eigenvalue weighted by Crippen LogP contribution is 2.37. The average Bonchev–Trinajstić information content (AvgIpc) is 3.64. The fraction of sp³-hybridized carbons (Fsp3) is 0.759. The van der Waals surface area contributed by atoms with Gasteiger partial charge in [0.25, 0.3) is 0 Å². The molecule has 11 atom stereocenters. The van der Waals surface area contributed by atoms with Gasteiger partial charge in [-0.05, 0) is 38.7 Å². The van der Waals surface area contributed by atoms with E-state index in [1.165, 1.54) is 13.0 Å². The average molecular weight is 525 g/mol. The molecule has 0 saturated carbocycles. The lowest BCUT2D eigenvalue weighted by atomic mass is 9.89. The van der Waals surface area contributed by atoms with Crippen molar-refractivity contribution in [3.8, 4) is 0 Å². The molecule has 2 heterocycles. The van der Waals surface area contributed by atoms with Crippen molar-refractivity contribution in [1.82, 2.24) is 0 Å². The molecule has 2 aliphatic rings. The minimum absolute atomic E-state index is 0.0252. The molecule has 0 aromatic carbocycles. The van der Waals surface area contributed by atoms with Gasteiger partial charge in [0.1, 0.15) is 18.3 Å². The van der Waals surface area contributed by atoms with Gasteiger partial charge in [0.2, 0.25) is 0 Å². The molecule has 0 spiro atoms. The molecule has 0 aliphatic carbocycles. The van der Waals surface area contributed by atoms with Crippen LogP contribution < -0.4 is 0 Å². The Balaban J connectivity index is 2.09. The van der Waals surface area contributed by atoms with Gasteiger partial charge in [-0.25, -0.2) is 0 Å². The molecule has 9 unspecified atom stereocenters. The first-order valence-corrected chi connectivity index (χ1v) is 13.5. The molecule has 0 aromatic rings. The molecule has 37 heavy (non-hydrogen) atoms. The minimum Gasteiger partial charge on any atom is -0.457 e. The van der Waals surface area contributed by atoms with E-state index in [4.69, 9.17) is 14.2 Å². The van der Waals surface area contributed by atoms with Crippen molar-refractivity contribution in [2.24, 2.45) is 17.8 Å². The van der Waals surface area contributed by atoms with Crippen molar-refractivity contribution in [2.75, 3.05) is 7.11 Å². The smallest absolute Gasteiger partial charge is 0.309 e. The molecule has 1 fully saturated rings. The Kier molecular flexibility index (Phi) is 12.0. The van der Waals surface area contributed by atoms with Crippen LogP contribution in [0.3, 0.4) is 0 Å². The van der Waals surface area contributed by atoms with Gasteiger partial charge in [-0.15, -0.1) is 0 Å². The largest absolute Gasteiger partial charge is 0.457 e. The van der Waals surface area contributed by atoms with Gasteiger partial charge in [0.05, 0.1) is 36.4 Å². The fourth-order valence-electron chi connectivity index (χ4n) is 4.98. The molecule has 0 radical (unpaired) electrons. The number of allylic oxidation sites excluding steroid dienone is 2. The van der Waals surface area contributed by atoms with E-state index in [0.717, 1.165) is 12.0 Å².